The number of aliphatic hydroxyl groups is 1. The normalized spacial score (nSPS) is 17.8. The lowest BCUT2D eigenvalue weighted by atomic mass is 9.96. The zero-order valence-corrected chi connectivity index (χ0v) is 18.8. The monoisotopic (exact) mass is 461 g/mol. The van der Waals surface area contributed by atoms with Gasteiger partial charge in [-0.05, 0) is 43.7 Å². The van der Waals surface area contributed by atoms with Crippen LogP contribution in [-0.2, 0) is 9.59 Å². The van der Waals surface area contributed by atoms with Crippen LogP contribution in [-0.4, -0.2) is 43.5 Å². The highest BCUT2D eigenvalue weighted by atomic mass is 32.1. The van der Waals surface area contributed by atoms with Gasteiger partial charge < -0.3 is 9.84 Å². The molecule has 4 heterocycles. The second-order valence-electron chi connectivity index (χ2n) is 7.52. The molecule has 0 saturated carbocycles. The van der Waals surface area contributed by atoms with Gasteiger partial charge in [-0.25, -0.2) is 4.98 Å². The fourth-order valence-electron chi connectivity index (χ4n) is 4.04. The number of Topliss-reactive ketones (excluding diaryl/α,β-unsaturated/α-hetero) is 1. The average Bonchev–Trinajstić information content (AvgIpc) is 3.47. The molecule has 1 N–H and O–H groups in total. The standard InChI is InChI=1S/C23H19N5O4S/c1-12-18(27-11-5-4-6-16(27)24-12)20(29)17-19(14-7-9-15(32-3)10-8-14)28(22(31)21(17)30)23-26-25-13(2)33-23/h4-11,19,29H,1-3H3/b20-17+. The first kappa shape index (κ1) is 20.8. The molecule has 33 heavy (non-hydrogen) atoms. The lowest BCUT2D eigenvalue weighted by Gasteiger charge is -2.22. The van der Waals surface area contributed by atoms with Crippen molar-refractivity contribution in [3.63, 3.8) is 0 Å². The second kappa shape index (κ2) is 7.82. The van der Waals surface area contributed by atoms with E-state index in [1.54, 1.807) is 68.0 Å². The fourth-order valence-corrected chi connectivity index (χ4v) is 4.76. The highest BCUT2D eigenvalue weighted by Gasteiger charge is 2.48. The number of aromatic nitrogens is 4. The molecule has 1 fully saturated rings. The molecule has 9 nitrogen and oxygen atoms in total. The van der Waals surface area contributed by atoms with Crippen LogP contribution in [0.15, 0.2) is 54.2 Å². The van der Waals surface area contributed by atoms with Crippen LogP contribution in [0.3, 0.4) is 0 Å². The molecular weight excluding hydrogens is 442 g/mol. The zero-order chi connectivity index (χ0) is 23.3. The number of methoxy groups -OCH3 is 1. The number of benzene rings is 1. The highest BCUT2D eigenvalue weighted by molar-refractivity contribution is 7.15. The molecule has 166 valence electrons. The third kappa shape index (κ3) is 3.26. The van der Waals surface area contributed by atoms with Gasteiger partial charge >= 0.3 is 5.91 Å². The molecule has 0 radical (unpaired) electrons. The van der Waals surface area contributed by atoms with Crippen LogP contribution in [0, 0.1) is 13.8 Å². The Morgan fingerprint density at radius 3 is 2.52 bits per heavy atom. The Kier molecular flexibility index (Phi) is 4.94. The number of hydrogen-bond donors (Lipinski definition) is 1. The summed E-state index contributed by atoms with van der Waals surface area (Å²) in [6.07, 6.45) is 1.75. The second-order valence-corrected chi connectivity index (χ2v) is 8.68. The first-order valence-corrected chi connectivity index (χ1v) is 10.9. The van der Waals surface area contributed by atoms with Crippen molar-refractivity contribution < 1.29 is 19.4 Å². The van der Waals surface area contributed by atoms with Gasteiger partial charge in [0.15, 0.2) is 5.76 Å². The highest BCUT2D eigenvalue weighted by Crippen LogP contribution is 2.43. The Morgan fingerprint density at radius 1 is 1.09 bits per heavy atom. The summed E-state index contributed by atoms with van der Waals surface area (Å²) in [6.45, 7) is 3.51. The number of hydrogen-bond acceptors (Lipinski definition) is 8. The van der Waals surface area contributed by atoms with E-state index in [9.17, 15) is 14.7 Å². The van der Waals surface area contributed by atoms with Crippen molar-refractivity contribution in [2.24, 2.45) is 0 Å². The van der Waals surface area contributed by atoms with Crippen LogP contribution in [0.4, 0.5) is 5.13 Å². The minimum absolute atomic E-state index is 0.0354. The molecule has 5 rings (SSSR count). The van der Waals surface area contributed by atoms with E-state index in [1.165, 1.54) is 16.2 Å². The van der Waals surface area contributed by atoms with E-state index in [0.717, 1.165) is 0 Å². The molecule has 1 amide bonds. The van der Waals surface area contributed by atoms with Crippen molar-refractivity contribution in [1.82, 2.24) is 19.6 Å². The number of fused-ring (bicyclic) bond motifs is 1. The molecular formula is C23H19N5O4S. The van der Waals surface area contributed by atoms with Crippen LogP contribution in [0.1, 0.15) is 28.0 Å². The van der Waals surface area contributed by atoms with Gasteiger partial charge in [-0.1, -0.05) is 29.5 Å². The van der Waals surface area contributed by atoms with Crippen molar-refractivity contribution in [3.05, 3.63) is 76.2 Å². The number of nitrogens with zero attached hydrogens (tertiary/aromatic N) is 5. The van der Waals surface area contributed by atoms with Crippen molar-refractivity contribution in [3.8, 4) is 5.75 Å². The van der Waals surface area contributed by atoms with E-state index in [1.807, 2.05) is 6.07 Å². The van der Waals surface area contributed by atoms with Gasteiger partial charge in [-0.2, -0.15) is 0 Å². The van der Waals surface area contributed by atoms with E-state index < -0.39 is 17.7 Å². The summed E-state index contributed by atoms with van der Waals surface area (Å²) in [5.74, 6) is -1.25. The molecule has 4 aromatic rings. The number of imidazole rings is 1. The fraction of sp³-hybridized carbons (Fsp3) is 0.174. The molecule has 1 aliphatic heterocycles. The largest absolute Gasteiger partial charge is 0.505 e. The van der Waals surface area contributed by atoms with Gasteiger partial charge in [0.2, 0.25) is 5.13 Å². The lowest BCUT2D eigenvalue weighted by molar-refractivity contribution is -0.132. The third-order valence-electron chi connectivity index (χ3n) is 5.53. The SMILES string of the molecule is COc1ccc(C2/C(=C(\O)c3c(C)nc4ccccn34)C(=O)C(=O)N2c2nnc(C)s2)cc1. The maximum absolute atomic E-state index is 13.3. The number of carbonyl (C=O) groups is 2. The Labute approximate surface area is 192 Å². The van der Waals surface area contributed by atoms with Gasteiger partial charge in [-0.15, -0.1) is 10.2 Å². The van der Waals surface area contributed by atoms with Gasteiger partial charge in [0.25, 0.3) is 5.78 Å². The van der Waals surface area contributed by atoms with Gasteiger partial charge in [-0.3, -0.25) is 18.9 Å². The molecule has 1 aliphatic rings. The topological polar surface area (TPSA) is 110 Å². The van der Waals surface area contributed by atoms with E-state index >= 15 is 0 Å². The van der Waals surface area contributed by atoms with E-state index in [4.69, 9.17) is 4.74 Å². The van der Waals surface area contributed by atoms with Crippen molar-refractivity contribution >= 4 is 39.6 Å². The third-order valence-corrected chi connectivity index (χ3v) is 6.36. The molecule has 0 aliphatic carbocycles. The molecule has 3 aromatic heterocycles. The summed E-state index contributed by atoms with van der Waals surface area (Å²) < 4.78 is 6.94. The summed E-state index contributed by atoms with van der Waals surface area (Å²) >= 11 is 1.20. The summed E-state index contributed by atoms with van der Waals surface area (Å²) in [7, 11) is 1.55. The lowest BCUT2D eigenvalue weighted by Crippen LogP contribution is -2.29. The van der Waals surface area contributed by atoms with Crippen LogP contribution in [0.5, 0.6) is 5.75 Å². The van der Waals surface area contributed by atoms with Crippen molar-refractivity contribution in [1.29, 1.82) is 0 Å². The summed E-state index contributed by atoms with van der Waals surface area (Å²) in [4.78, 5) is 32.2. The maximum Gasteiger partial charge on any atom is 0.301 e. The van der Waals surface area contributed by atoms with E-state index in [-0.39, 0.29) is 16.5 Å². The number of carbonyl (C=O) groups excluding carboxylic acids is 2. The summed E-state index contributed by atoms with van der Waals surface area (Å²) in [5, 5.41) is 20.5. The van der Waals surface area contributed by atoms with Crippen LogP contribution in [0.2, 0.25) is 0 Å². The molecule has 0 bridgehead atoms. The number of anilines is 1. The van der Waals surface area contributed by atoms with Crippen LogP contribution in [0.25, 0.3) is 11.4 Å². The van der Waals surface area contributed by atoms with E-state index in [2.05, 4.69) is 15.2 Å². The minimum Gasteiger partial charge on any atom is -0.505 e. The van der Waals surface area contributed by atoms with Crippen molar-refractivity contribution in [2.45, 2.75) is 19.9 Å². The molecule has 1 unspecified atom stereocenters. The Bertz CT molecular complexity index is 1440. The average molecular weight is 462 g/mol. The molecule has 1 saturated heterocycles. The number of aryl methyl sites for hydroxylation is 2. The minimum atomic E-state index is -0.892. The molecule has 1 aromatic carbocycles. The smallest absolute Gasteiger partial charge is 0.301 e. The van der Waals surface area contributed by atoms with Gasteiger partial charge in [0.1, 0.15) is 22.1 Å². The zero-order valence-electron chi connectivity index (χ0n) is 18.0. The number of rotatable bonds is 4. The quantitative estimate of drug-likeness (QED) is 0.282. The van der Waals surface area contributed by atoms with Crippen LogP contribution >= 0.6 is 11.3 Å². The summed E-state index contributed by atoms with van der Waals surface area (Å²) in [6, 6.07) is 11.5. The molecule has 10 heteroatoms. The maximum atomic E-state index is 13.3. The predicted molar refractivity (Wildman–Crippen MR) is 122 cm³/mol. The number of pyridine rings is 1. The first-order chi connectivity index (χ1) is 15.9. The number of ether oxygens (including phenoxy) is 1. The first-order valence-electron chi connectivity index (χ1n) is 10.1. The Morgan fingerprint density at radius 2 is 1.85 bits per heavy atom. The summed E-state index contributed by atoms with van der Waals surface area (Å²) in [5.41, 5.74) is 2.09. The van der Waals surface area contributed by atoms with Crippen LogP contribution < -0.4 is 9.64 Å². The molecule has 0 spiro atoms. The van der Waals surface area contributed by atoms with Gasteiger partial charge in [0.05, 0.1) is 24.4 Å². The van der Waals surface area contributed by atoms with Gasteiger partial charge in [0, 0.05) is 6.20 Å². The molecule has 1 atom stereocenters. The Hall–Kier alpha value is -4.05. The van der Waals surface area contributed by atoms with E-state index in [0.29, 0.717) is 33.4 Å². The Balaban J connectivity index is 1.77. The number of aliphatic hydroxyl groups excluding tert-OH is 1. The predicted octanol–water partition coefficient (Wildman–Crippen LogP) is 3.44. The number of ketones is 1. The van der Waals surface area contributed by atoms with Crippen molar-refractivity contribution in [2.75, 3.05) is 12.0 Å². The number of amides is 1.